The fourth-order valence-electron chi connectivity index (χ4n) is 2.57. The van der Waals surface area contributed by atoms with Gasteiger partial charge in [-0.3, -0.25) is 0 Å². The van der Waals surface area contributed by atoms with Crippen molar-refractivity contribution in [1.29, 1.82) is 0 Å². The molecule has 1 aromatic heterocycles. The van der Waals surface area contributed by atoms with Crippen LogP contribution in [0.25, 0.3) is 11.0 Å². The molecule has 116 valence electrons. The zero-order chi connectivity index (χ0) is 15.7. The van der Waals surface area contributed by atoms with Crippen molar-refractivity contribution >= 4 is 34.2 Å². The van der Waals surface area contributed by atoms with Gasteiger partial charge in [0.1, 0.15) is 11.6 Å². The number of nitrogens with zero attached hydrogens (tertiary/aromatic N) is 3. The minimum Gasteiger partial charge on any atom is -0.322 e. The van der Waals surface area contributed by atoms with E-state index in [4.69, 9.17) is 23.2 Å². The normalized spacial score (nSPS) is 13.6. The van der Waals surface area contributed by atoms with Crippen LogP contribution in [-0.4, -0.2) is 35.1 Å². The third kappa shape index (κ3) is 3.33. The van der Waals surface area contributed by atoms with Gasteiger partial charge in [0, 0.05) is 12.6 Å². The van der Waals surface area contributed by atoms with Gasteiger partial charge in [-0.15, -0.1) is 11.6 Å². The molecule has 1 unspecified atom stereocenters. The molecule has 2 aromatic rings. The van der Waals surface area contributed by atoms with Crippen molar-refractivity contribution in [3.8, 4) is 0 Å². The molecule has 2 rings (SSSR count). The molecule has 6 heteroatoms. The van der Waals surface area contributed by atoms with Crippen LogP contribution >= 0.6 is 23.2 Å². The van der Waals surface area contributed by atoms with E-state index in [9.17, 15) is 4.39 Å². The summed E-state index contributed by atoms with van der Waals surface area (Å²) < 4.78 is 15.9. The van der Waals surface area contributed by atoms with Crippen LogP contribution < -0.4 is 0 Å². The lowest BCUT2D eigenvalue weighted by Gasteiger charge is -2.28. The number of aromatic nitrogens is 2. The molecule has 1 atom stereocenters. The third-order valence-corrected chi connectivity index (χ3v) is 4.11. The number of hydrogen-bond acceptors (Lipinski definition) is 2. The second kappa shape index (κ2) is 6.51. The van der Waals surface area contributed by atoms with Crippen LogP contribution in [0.2, 0.25) is 5.02 Å². The van der Waals surface area contributed by atoms with Crippen LogP contribution in [-0.2, 0) is 5.88 Å². The number of fused-ring (bicyclic) bond motifs is 1. The fourth-order valence-corrected chi connectivity index (χ4v) is 2.92. The van der Waals surface area contributed by atoms with E-state index in [1.54, 1.807) is 6.07 Å². The second-order valence-electron chi connectivity index (χ2n) is 5.86. The van der Waals surface area contributed by atoms with Crippen molar-refractivity contribution in [2.75, 3.05) is 20.6 Å². The highest BCUT2D eigenvalue weighted by molar-refractivity contribution is 6.31. The molecule has 0 spiro atoms. The highest BCUT2D eigenvalue weighted by Gasteiger charge is 2.23. The molecule has 0 amide bonds. The first-order valence-corrected chi connectivity index (χ1v) is 7.83. The van der Waals surface area contributed by atoms with Gasteiger partial charge in [0.05, 0.1) is 28.0 Å². The molecular formula is C15H20Cl2FN3. The summed E-state index contributed by atoms with van der Waals surface area (Å²) in [6.45, 7) is 5.12. The smallest absolute Gasteiger partial charge is 0.144 e. The third-order valence-electron chi connectivity index (χ3n) is 3.58. The monoisotopic (exact) mass is 331 g/mol. The van der Waals surface area contributed by atoms with Crippen LogP contribution in [0.5, 0.6) is 0 Å². The van der Waals surface area contributed by atoms with Crippen LogP contribution in [0.3, 0.4) is 0 Å². The topological polar surface area (TPSA) is 21.1 Å². The van der Waals surface area contributed by atoms with Crippen LogP contribution in [0.4, 0.5) is 4.39 Å². The standard InChI is InChI=1S/C15H20Cl2FN3/c1-9(2)14(8-20(3)4)21-13-6-11(18)10(17)5-12(13)19-15(21)7-16/h5-6,9,14H,7-8H2,1-4H3. The van der Waals surface area contributed by atoms with E-state index in [-0.39, 0.29) is 16.9 Å². The van der Waals surface area contributed by atoms with Crippen molar-refractivity contribution in [2.45, 2.75) is 25.8 Å². The van der Waals surface area contributed by atoms with E-state index >= 15 is 0 Å². The van der Waals surface area contributed by atoms with Gasteiger partial charge < -0.3 is 9.47 Å². The summed E-state index contributed by atoms with van der Waals surface area (Å²) >= 11 is 11.9. The second-order valence-corrected chi connectivity index (χ2v) is 6.53. The SMILES string of the molecule is CC(C)C(CN(C)C)n1c(CCl)nc2cc(Cl)c(F)cc21. The maximum atomic E-state index is 13.9. The van der Waals surface area contributed by atoms with Gasteiger partial charge in [-0.2, -0.15) is 0 Å². The van der Waals surface area contributed by atoms with Gasteiger partial charge in [0.25, 0.3) is 0 Å². The first kappa shape index (κ1) is 16.5. The quantitative estimate of drug-likeness (QED) is 0.760. The lowest BCUT2D eigenvalue weighted by atomic mass is 10.0. The summed E-state index contributed by atoms with van der Waals surface area (Å²) in [4.78, 5) is 6.62. The minimum absolute atomic E-state index is 0.0852. The number of benzene rings is 1. The van der Waals surface area contributed by atoms with Crippen LogP contribution in [0, 0.1) is 11.7 Å². The summed E-state index contributed by atoms with van der Waals surface area (Å²) in [7, 11) is 4.04. The zero-order valence-corrected chi connectivity index (χ0v) is 14.2. The summed E-state index contributed by atoms with van der Waals surface area (Å²) in [5, 5.41) is 0.0852. The first-order chi connectivity index (χ1) is 9.85. The Bertz CT molecular complexity index is 637. The molecule has 3 nitrogen and oxygen atoms in total. The number of imidazole rings is 1. The average molecular weight is 332 g/mol. The zero-order valence-electron chi connectivity index (χ0n) is 12.7. The maximum Gasteiger partial charge on any atom is 0.144 e. The van der Waals surface area contributed by atoms with Crippen molar-refractivity contribution in [1.82, 2.24) is 14.5 Å². The molecule has 0 saturated carbocycles. The summed E-state index contributed by atoms with van der Waals surface area (Å²) in [6.07, 6.45) is 0. The Labute approximate surface area is 134 Å². The Morgan fingerprint density at radius 1 is 1.33 bits per heavy atom. The Kier molecular flexibility index (Phi) is 5.12. The van der Waals surface area contributed by atoms with E-state index in [0.717, 1.165) is 17.9 Å². The highest BCUT2D eigenvalue weighted by Crippen LogP contribution is 2.30. The van der Waals surface area contributed by atoms with Gasteiger partial charge in [0.2, 0.25) is 0 Å². The van der Waals surface area contributed by atoms with Crippen molar-refractivity contribution < 1.29 is 4.39 Å². The predicted octanol–water partition coefficient (Wildman–Crippen LogP) is 4.33. The maximum absolute atomic E-state index is 13.9. The molecular weight excluding hydrogens is 312 g/mol. The molecule has 21 heavy (non-hydrogen) atoms. The van der Waals surface area contributed by atoms with Crippen LogP contribution in [0.1, 0.15) is 25.7 Å². The van der Waals surface area contributed by atoms with E-state index < -0.39 is 5.82 Å². The summed E-state index contributed by atoms with van der Waals surface area (Å²) in [5.41, 5.74) is 1.43. The number of alkyl halides is 1. The van der Waals surface area contributed by atoms with Crippen molar-refractivity contribution in [3.05, 3.63) is 28.8 Å². The first-order valence-electron chi connectivity index (χ1n) is 6.91. The number of rotatable bonds is 5. The minimum atomic E-state index is -0.432. The largest absolute Gasteiger partial charge is 0.322 e. The molecule has 0 fully saturated rings. The molecule has 1 aromatic carbocycles. The van der Waals surface area contributed by atoms with E-state index in [2.05, 4.69) is 23.7 Å². The molecule has 0 aliphatic heterocycles. The number of hydrogen-bond donors (Lipinski definition) is 0. The molecule has 0 N–H and O–H groups in total. The van der Waals surface area contributed by atoms with E-state index in [0.29, 0.717) is 11.4 Å². The summed E-state index contributed by atoms with van der Waals surface area (Å²) in [6, 6.07) is 3.18. The lowest BCUT2D eigenvalue weighted by molar-refractivity contribution is 0.270. The predicted molar refractivity (Wildman–Crippen MR) is 86.7 cm³/mol. The Balaban J connectivity index is 2.66. The molecule has 0 radical (unpaired) electrons. The Morgan fingerprint density at radius 3 is 2.52 bits per heavy atom. The van der Waals surface area contributed by atoms with Gasteiger partial charge >= 0.3 is 0 Å². The van der Waals surface area contributed by atoms with Crippen molar-refractivity contribution in [2.24, 2.45) is 5.92 Å². The van der Waals surface area contributed by atoms with Crippen LogP contribution in [0.15, 0.2) is 12.1 Å². The van der Waals surface area contributed by atoms with Gasteiger partial charge in [-0.1, -0.05) is 25.4 Å². The average Bonchev–Trinajstić information content (AvgIpc) is 2.73. The van der Waals surface area contributed by atoms with Gasteiger partial charge in [0.15, 0.2) is 0 Å². The fraction of sp³-hybridized carbons (Fsp3) is 0.533. The molecule has 0 aliphatic rings. The van der Waals surface area contributed by atoms with E-state index in [1.807, 2.05) is 18.7 Å². The van der Waals surface area contributed by atoms with E-state index in [1.165, 1.54) is 6.07 Å². The Morgan fingerprint density at radius 2 is 2.00 bits per heavy atom. The highest BCUT2D eigenvalue weighted by atomic mass is 35.5. The van der Waals surface area contributed by atoms with Gasteiger partial charge in [-0.25, -0.2) is 9.37 Å². The Hall–Kier alpha value is -0.840. The molecule has 0 aliphatic carbocycles. The number of halogens is 3. The molecule has 0 bridgehead atoms. The lowest BCUT2D eigenvalue weighted by Crippen LogP contribution is -2.29. The molecule has 0 saturated heterocycles. The summed E-state index contributed by atoms with van der Waals surface area (Å²) in [5.74, 6) is 0.961. The van der Waals surface area contributed by atoms with Gasteiger partial charge in [-0.05, 0) is 26.1 Å². The number of likely N-dealkylation sites (N-methyl/N-ethyl adjacent to an activating group) is 1. The van der Waals surface area contributed by atoms with Crippen molar-refractivity contribution in [3.63, 3.8) is 0 Å². The molecule has 1 heterocycles.